The molecule has 0 N–H and O–H groups in total. The number of hydrogen-bond acceptors (Lipinski definition) is 1. The number of aromatic nitrogens is 1. The molecular weight excluding hydrogens is 280 g/mol. The van der Waals surface area contributed by atoms with Crippen LogP contribution in [-0.4, -0.2) is 4.57 Å². The Labute approximate surface area is 135 Å². The topological polar surface area (TPSA) is 28.7 Å². The normalized spacial score (nSPS) is 10.9. The van der Waals surface area contributed by atoms with Gasteiger partial charge in [-0.05, 0) is 30.2 Å². The maximum Gasteiger partial charge on any atom is 0.0994 e. The van der Waals surface area contributed by atoms with Gasteiger partial charge >= 0.3 is 0 Å². The molecule has 0 saturated carbocycles. The fraction of sp³-hybridized carbons (Fsp3) is 0.0952. The first-order chi connectivity index (χ1) is 11.4. The minimum absolute atomic E-state index is 0.772. The van der Waals surface area contributed by atoms with E-state index in [2.05, 4.69) is 59.2 Å². The van der Waals surface area contributed by atoms with Gasteiger partial charge in [0, 0.05) is 28.4 Å². The lowest BCUT2D eigenvalue weighted by atomic mass is 10.1. The smallest absolute Gasteiger partial charge is 0.0994 e. The standard InChI is InChI=1S/C21H16N2/c22-15-17-8-2-1-7-16(17)13-14-23-20-11-5-3-9-18(20)19-10-4-6-12-21(19)23/h1-12H,13-14H2. The Morgan fingerprint density at radius 1 is 0.739 bits per heavy atom. The van der Waals surface area contributed by atoms with Crippen LogP contribution in [0.15, 0.2) is 72.8 Å². The highest BCUT2D eigenvalue weighted by Gasteiger charge is 2.10. The molecule has 0 aliphatic rings. The Hall–Kier alpha value is -3.05. The summed E-state index contributed by atoms with van der Waals surface area (Å²) >= 11 is 0. The molecule has 0 spiro atoms. The van der Waals surface area contributed by atoms with Gasteiger partial charge in [0.2, 0.25) is 0 Å². The molecule has 110 valence electrons. The Morgan fingerprint density at radius 3 is 1.96 bits per heavy atom. The summed E-state index contributed by atoms with van der Waals surface area (Å²) in [5.74, 6) is 0. The van der Waals surface area contributed by atoms with E-state index in [-0.39, 0.29) is 0 Å². The van der Waals surface area contributed by atoms with Crippen LogP contribution in [-0.2, 0) is 13.0 Å². The molecule has 4 rings (SSSR count). The van der Waals surface area contributed by atoms with Gasteiger partial charge in [-0.25, -0.2) is 0 Å². The predicted octanol–water partition coefficient (Wildman–Crippen LogP) is 4.91. The van der Waals surface area contributed by atoms with Crippen LogP contribution in [0.3, 0.4) is 0 Å². The van der Waals surface area contributed by atoms with E-state index in [1.54, 1.807) is 0 Å². The van der Waals surface area contributed by atoms with E-state index < -0.39 is 0 Å². The molecule has 0 saturated heterocycles. The average molecular weight is 296 g/mol. The zero-order valence-electron chi connectivity index (χ0n) is 12.7. The highest BCUT2D eigenvalue weighted by molar-refractivity contribution is 6.07. The van der Waals surface area contributed by atoms with E-state index in [0.717, 1.165) is 24.1 Å². The lowest BCUT2D eigenvalue weighted by Gasteiger charge is -2.08. The van der Waals surface area contributed by atoms with Crippen LogP contribution in [0.1, 0.15) is 11.1 Å². The van der Waals surface area contributed by atoms with Crippen LogP contribution in [0.4, 0.5) is 0 Å². The molecule has 0 radical (unpaired) electrons. The van der Waals surface area contributed by atoms with Gasteiger partial charge in [-0.3, -0.25) is 0 Å². The molecular formula is C21H16N2. The molecule has 2 heteroatoms. The lowest BCUT2D eigenvalue weighted by molar-refractivity contribution is 0.744. The van der Waals surface area contributed by atoms with Crippen LogP contribution in [0.5, 0.6) is 0 Å². The van der Waals surface area contributed by atoms with Crippen molar-refractivity contribution in [1.82, 2.24) is 4.57 Å². The van der Waals surface area contributed by atoms with Gasteiger partial charge in [0.25, 0.3) is 0 Å². The Morgan fingerprint density at radius 2 is 1.30 bits per heavy atom. The van der Waals surface area contributed by atoms with Crippen molar-refractivity contribution in [2.24, 2.45) is 0 Å². The highest BCUT2D eigenvalue weighted by Crippen LogP contribution is 2.29. The van der Waals surface area contributed by atoms with Crippen LogP contribution in [0.25, 0.3) is 21.8 Å². The van der Waals surface area contributed by atoms with E-state index in [9.17, 15) is 5.26 Å². The minimum Gasteiger partial charge on any atom is -0.340 e. The van der Waals surface area contributed by atoms with Crippen molar-refractivity contribution in [1.29, 1.82) is 5.26 Å². The molecule has 4 aromatic rings. The lowest BCUT2D eigenvalue weighted by Crippen LogP contribution is -2.02. The number of benzene rings is 3. The molecule has 23 heavy (non-hydrogen) atoms. The summed E-state index contributed by atoms with van der Waals surface area (Å²) < 4.78 is 2.36. The van der Waals surface area contributed by atoms with Crippen molar-refractivity contribution in [3.05, 3.63) is 83.9 Å². The molecule has 1 aromatic heterocycles. The number of fused-ring (bicyclic) bond motifs is 3. The first kappa shape index (κ1) is 13.6. The number of hydrogen-bond donors (Lipinski definition) is 0. The van der Waals surface area contributed by atoms with Gasteiger partial charge in [0.1, 0.15) is 0 Å². The summed E-state index contributed by atoms with van der Waals surface area (Å²) in [6, 6.07) is 27.2. The molecule has 1 heterocycles. The minimum atomic E-state index is 0.772. The molecule has 0 aliphatic carbocycles. The van der Waals surface area contributed by atoms with Gasteiger partial charge in [-0.15, -0.1) is 0 Å². The van der Waals surface area contributed by atoms with Gasteiger partial charge < -0.3 is 4.57 Å². The third kappa shape index (κ3) is 2.27. The molecule has 0 unspecified atom stereocenters. The first-order valence-electron chi connectivity index (χ1n) is 7.82. The largest absolute Gasteiger partial charge is 0.340 e. The number of para-hydroxylation sites is 2. The van der Waals surface area contributed by atoms with Gasteiger partial charge in [-0.2, -0.15) is 5.26 Å². The molecule has 3 aromatic carbocycles. The van der Waals surface area contributed by atoms with Crippen molar-refractivity contribution in [3.8, 4) is 6.07 Å². The SMILES string of the molecule is N#Cc1ccccc1CCn1c2ccccc2c2ccccc21. The molecule has 0 atom stereocenters. The van der Waals surface area contributed by atoms with Crippen molar-refractivity contribution in [2.45, 2.75) is 13.0 Å². The van der Waals surface area contributed by atoms with Crippen LogP contribution in [0, 0.1) is 11.3 Å². The van der Waals surface area contributed by atoms with E-state index in [1.165, 1.54) is 21.8 Å². The second-order valence-corrected chi connectivity index (χ2v) is 5.70. The molecule has 2 nitrogen and oxygen atoms in total. The van der Waals surface area contributed by atoms with Gasteiger partial charge in [0.05, 0.1) is 11.6 Å². The van der Waals surface area contributed by atoms with E-state index in [0.29, 0.717) is 0 Å². The second-order valence-electron chi connectivity index (χ2n) is 5.70. The van der Waals surface area contributed by atoms with Crippen molar-refractivity contribution in [2.75, 3.05) is 0 Å². The summed E-state index contributed by atoms with van der Waals surface area (Å²) in [5, 5.41) is 11.8. The number of rotatable bonds is 3. The van der Waals surface area contributed by atoms with Gasteiger partial charge in [-0.1, -0.05) is 54.6 Å². The fourth-order valence-corrected chi connectivity index (χ4v) is 3.32. The molecule has 0 amide bonds. The number of nitriles is 1. The molecule has 0 fully saturated rings. The van der Waals surface area contributed by atoms with Crippen molar-refractivity contribution in [3.63, 3.8) is 0 Å². The fourth-order valence-electron chi connectivity index (χ4n) is 3.32. The Balaban J connectivity index is 1.81. The maximum atomic E-state index is 9.26. The third-order valence-corrected chi connectivity index (χ3v) is 4.42. The maximum absolute atomic E-state index is 9.26. The summed E-state index contributed by atoms with van der Waals surface area (Å²) in [6.45, 7) is 0.868. The van der Waals surface area contributed by atoms with Crippen molar-refractivity contribution >= 4 is 21.8 Å². The average Bonchev–Trinajstić information content (AvgIpc) is 2.94. The zero-order valence-corrected chi connectivity index (χ0v) is 12.7. The van der Waals surface area contributed by atoms with E-state index >= 15 is 0 Å². The predicted molar refractivity (Wildman–Crippen MR) is 94.3 cm³/mol. The van der Waals surface area contributed by atoms with E-state index in [1.807, 2.05) is 24.3 Å². The highest BCUT2D eigenvalue weighted by atomic mass is 15.0. The molecule has 0 aliphatic heterocycles. The number of aryl methyl sites for hydroxylation is 2. The summed E-state index contributed by atoms with van der Waals surface area (Å²) in [7, 11) is 0. The van der Waals surface area contributed by atoms with E-state index in [4.69, 9.17) is 0 Å². The quantitative estimate of drug-likeness (QED) is 0.528. The Kier molecular flexibility index (Phi) is 3.33. The number of nitrogens with zero attached hydrogens (tertiary/aromatic N) is 2. The first-order valence-corrected chi connectivity index (χ1v) is 7.82. The Bertz CT molecular complexity index is 981. The molecule has 0 bridgehead atoms. The van der Waals surface area contributed by atoms with Crippen LogP contribution < -0.4 is 0 Å². The second kappa shape index (κ2) is 5.62. The summed E-state index contributed by atoms with van der Waals surface area (Å²) in [5.41, 5.74) is 4.39. The third-order valence-electron chi connectivity index (χ3n) is 4.42. The summed E-state index contributed by atoms with van der Waals surface area (Å²) in [6.07, 6.45) is 0.854. The summed E-state index contributed by atoms with van der Waals surface area (Å²) in [4.78, 5) is 0. The van der Waals surface area contributed by atoms with Crippen LogP contribution in [0.2, 0.25) is 0 Å². The van der Waals surface area contributed by atoms with Gasteiger partial charge in [0.15, 0.2) is 0 Å². The monoisotopic (exact) mass is 296 g/mol. The van der Waals surface area contributed by atoms with Crippen molar-refractivity contribution < 1.29 is 0 Å². The zero-order chi connectivity index (χ0) is 15.6. The van der Waals surface area contributed by atoms with Crippen LogP contribution >= 0.6 is 0 Å².